The highest BCUT2D eigenvalue weighted by atomic mass is 16.5. The van der Waals surface area contributed by atoms with E-state index >= 15 is 0 Å². The average molecular weight is 304 g/mol. The number of ether oxygens (including phenoxy) is 1. The summed E-state index contributed by atoms with van der Waals surface area (Å²) >= 11 is 0. The molecule has 1 fully saturated rings. The summed E-state index contributed by atoms with van der Waals surface area (Å²) in [6.07, 6.45) is 3.58. The number of amides is 2. The molecule has 1 aromatic carbocycles. The number of carbonyl (C=O) groups is 2. The van der Waals surface area contributed by atoms with Crippen LogP contribution in [0.25, 0.3) is 0 Å². The minimum Gasteiger partial charge on any atom is -0.381 e. The van der Waals surface area contributed by atoms with Gasteiger partial charge >= 0.3 is 0 Å². The molecular weight excluding hydrogens is 280 g/mol. The van der Waals surface area contributed by atoms with E-state index in [1.165, 1.54) is 5.56 Å². The summed E-state index contributed by atoms with van der Waals surface area (Å²) in [5.74, 6) is 0.00324. The van der Waals surface area contributed by atoms with Crippen LogP contribution < -0.4 is 10.6 Å². The van der Waals surface area contributed by atoms with E-state index in [2.05, 4.69) is 22.8 Å². The quantitative estimate of drug-likeness (QED) is 0.640. The van der Waals surface area contributed by atoms with Crippen LogP contribution in [0.3, 0.4) is 0 Å². The maximum atomic E-state index is 11.5. The van der Waals surface area contributed by atoms with Crippen LogP contribution >= 0.6 is 0 Å². The van der Waals surface area contributed by atoms with Crippen molar-refractivity contribution in [3.8, 4) is 0 Å². The maximum absolute atomic E-state index is 11.5. The molecule has 0 heterocycles. The second-order valence-corrected chi connectivity index (χ2v) is 5.54. The molecule has 0 saturated heterocycles. The van der Waals surface area contributed by atoms with Gasteiger partial charge in [-0.2, -0.15) is 0 Å². The van der Waals surface area contributed by atoms with Crippen molar-refractivity contribution in [1.82, 2.24) is 10.6 Å². The molecule has 0 aromatic heterocycles. The first-order chi connectivity index (χ1) is 10.8. The number of hydrogen-bond acceptors (Lipinski definition) is 3. The van der Waals surface area contributed by atoms with Crippen molar-refractivity contribution in [2.45, 2.75) is 25.7 Å². The van der Waals surface area contributed by atoms with E-state index in [1.807, 2.05) is 18.2 Å². The zero-order valence-corrected chi connectivity index (χ0v) is 12.8. The van der Waals surface area contributed by atoms with Gasteiger partial charge in [-0.15, -0.1) is 0 Å². The Kier molecular flexibility index (Phi) is 6.90. The van der Waals surface area contributed by atoms with Gasteiger partial charge in [0.15, 0.2) is 0 Å². The molecule has 22 heavy (non-hydrogen) atoms. The Morgan fingerprint density at radius 1 is 1.09 bits per heavy atom. The average Bonchev–Trinajstić information content (AvgIpc) is 3.37. The van der Waals surface area contributed by atoms with Crippen molar-refractivity contribution in [2.75, 3.05) is 26.3 Å². The lowest BCUT2D eigenvalue weighted by molar-refractivity contribution is -0.126. The third-order valence-corrected chi connectivity index (χ3v) is 3.54. The molecule has 2 amide bonds. The molecule has 0 aliphatic heterocycles. The van der Waals surface area contributed by atoms with Crippen molar-refractivity contribution in [3.63, 3.8) is 0 Å². The minimum absolute atomic E-state index is 0.000560. The Morgan fingerprint density at radius 3 is 2.59 bits per heavy atom. The zero-order chi connectivity index (χ0) is 15.6. The smallest absolute Gasteiger partial charge is 0.239 e. The van der Waals surface area contributed by atoms with Crippen molar-refractivity contribution in [1.29, 1.82) is 0 Å². The van der Waals surface area contributed by atoms with E-state index in [0.717, 1.165) is 25.7 Å². The largest absolute Gasteiger partial charge is 0.381 e. The van der Waals surface area contributed by atoms with E-state index in [0.29, 0.717) is 19.8 Å². The van der Waals surface area contributed by atoms with Crippen LogP contribution in [0.5, 0.6) is 0 Å². The van der Waals surface area contributed by atoms with Gasteiger partial charge in [-0.3, -0.25) is 9.59 Å². The molecule has 0 atom stereocenters. The van der Waals surface area contributed by atoms with Crippen molar-refractivity contribution in [3.05, 3.63) is 35.9 Å². The van der Waals surface area contributed by atoms with Crippen LogP contribution in [0.2, 0.25) is 0 Å². The van der Waals surface area contributed by atoms with E-state index in [9.17, 15) is 9.59 Å². The second kappa shape index (κ2) is 9.20. The van der Waals surface area contributed by atoms with Gasteiger partial charge in [-0.1, -0.05) is 30.3 Å². The molecule has 5 heteroatoms. The summed E-state index contributed by atoms with van der Waals surface area (Å²) in [6.45, 7) is 1.96. The van der Waals surface area contributed by atoms with Gasteiger partial charge in [0.05, 0.1) is 13.2 Å². The highest BCUT2D eigenvalue weighted by Crippen LogP contribution is 2.28. The summed E-state index contributed by atoms with van der Waals surface area (Å²) in [6, 6.07) is 10.2. The molecule has 2 rings (SSSR count). The number of nitrogens with one attached hydrogen (secondary N) is 2. The molecule has 1 saturated carbocycles. The monoisotopic (exact) mass is 304 g/mol. The van der Waals surface area contributed by atoms with Crippen LogP contribution in [0.15, 0.2) is 30.3 Å². The Balaban J connectivity index is 1.40. The summed E-state index contributed by atoms with van der Waals surface area (Å²) in [4.78, 5) is 22.9. The Bertz CT molecular complexity index is 472. The molecule has 0 bridgehead atoms. The predicted octanol–water partition coefficient (Wildman–Crippen LogP) is 1.28. The maximum Gasteiger partial charge on any atom is 0.239 e. The Morgan fingerprint density at radius 2 is 1.86 bits per heavy atom. The lowest BCUT2D eigenvalue weighted by Crippen LogP contribution is -2.38. The molecule has 5 nitrogen and oxygen atoms in total. The second-order valence-electron chi connectivity index (χ2n) is 5.54. The van der Waals surface area contributed by atoms with Crippen molar-refractivity contribution in [2.24, 2.45) is 5.92 Å². The molecule has 2 N–H and O–H groups in total. The third-order valence-electron chi connectivity index (χ3n) is 3.54. The first kappa shape index (κ1) is 16.5. The van der Waals surface area contributed by atoms with Gasteiger partial charge in [0, 0.05) is 19.1 Å². The van der Waals surface area contributed by atoms with Crippen LogP contribution in [-0.2, 0) is 20.7 Å². The molecule has 0 radical (unpaired) electrons. The van der Waals surface area contributed by atoms with Crippen molar-refractivity contribution >= 4 is 11.8 Å². The molecule has 0 spiro atoms. The SMILES string of the molecule is O=C(CNC(=O)C1CC1)NCCCOCCc1ccccc1. The fourth-order valence-electron chi connectivity index (χ4n) is 2.06. The van der Waals surface area contributed by atoms with Crippen LogP contribution in [0.1, 0.15) is 24.8 Å². The Hall–Kier alpha value is -1.88. The first-order valence-corrected chi connectivity index (χ1v) is 7.92. The van der Waals surface area contributed by atoms with Crippen molar-refractivity contribution < 1.29 is 14.3 Å². The van der Waals surface area contributed by atoms with E-state index in [1.54, 1.807) is 0 Å². The fourth-order valence-corrected chi connectivity index (χ4v) is 2.06. The van der Waals surface area contributed by atoms with Crippen LogP contribution in [0.4, 0.5) is 0 Å². The molecular formula is C17H24N2O3. The highest BCUT2D eigenvalue weighted by molar-refractivity contribution is 5.86. The number of hydrogen-bond donors (Lipinski definition) is 2. The summed E-state index contributed by atoms with van der Waals surface area (Å²) < 4.78 is 5.54. The lowest BCUT2D eigenvalue weighted by Gasteiger charge is -2.07. The number of benzene rings is 1. The van der Waals surface area contributed by atoms with Crippen LogP contribution in [-0.4, -0.2) is 38.1 Å². The van der Waals surface area contributed by atoms with Gasteiger partial charge < -0.3 is 15.4 Å². The molecule has 1 aliphatic carbocycles. The molecule has 120 valence electrons. The van der Waals surface area contributed by atoms with Gasteiger partial charge in [0.1, 0.15) is 0 Å². The fraction of sp³-hybridized carbons (Fsp3) is 0.529. The Labute approximate surface area is 131 Å². The predicted molar refractivity (Wildman–Crippen MR) is 84.3 cm³/mol. The third kappa shape index (κ3) is 6.72. The standard InChI is InChI=1S/C17H24N2O3/c20-16(13-19-17(21)15-7-8-15)18-10-4-11-22-12-9-14-5-2-1-3-6-14/h1-3,5-6,15H,4,7-13H2,(H,18,20)(H,19,21). The van der Waals surface area contributed by atoms with Gasteiger partial charge in [-0.05, 0) is 31.2 Å². The summed E-state index contributed by atoms with van der Waals surface area (Å²) in [7, 11) is 0. The lowest BCUT2D eigenvalue weighted by atomic mass is 10.2. The zero-order valence-electron chi connectivity index (χ0n) is 12.8. The first-order valence-electron chi connectivity index (χ1n) is 7.92. The molecule has 0 unspecified atom stereocenters. The summed E-state index contributed by atoms with van der Waals surface area (Å²) in [5.41, 5.74) is 1.27. The topological polar surface area (TPSA) is 67.4 Å². The normalized spacial score (nSPS) is 13.6. The summed E-state index contributed by atoms with van der Waals surface area (Å²) in [5, 5.41) is 5.41. The van der Waals surface area contributed by atoms with E-state index in [4.69, 9.17) is 4.74 Å². The van der Waals surface area contributed by atoms with E-state index in [-0.39, 0.29) is 24.3 Å². The minimum atomic E-state index is -0.140. The van der Waals surface area contributed by atoms with Gasteiger partial charge in [0.25, 0.3) is 0 Å². The van der Waals surface area contributed by atoms with E-state index < -0.39 is 0 Å². The number of carbonyl (C=O) groups excluding carboxylic acids is 2. The van der Waals surface area contributed by atoms with Gasteiger partial charge in [-0.25, -0.2) is 0 Å². The molecule has 1 aliphatic rings. The van der Waals surface area contributed by atoms with Crippen LogP contribution in [0, 0.1) is 5.92 Å². The highest BCUT2D eigenvalue weighted by Gasteiger charge is 2.29. The molecule has 1 aromatic rings. The van der Waals surface area contributed by atoms with Gasteiger partial charge in [0.2, 0.25) is 11.8 Å². The number of rotatable bonds is 10.